The largest absolute Gasteiger partial charge is 0.440 e. The van der Waals surface area contributed by atoms with Gasteiger partial charge >= 0.3 is 6.09 Å². The van der Waals surface area contributed by atoms with Gasteiger partial charge in [-0.15, -0.1) is 11.3 Å². The van der Waals surface area contributed by atoms with Crippen molar-refractivity contribution in [3.8, 4) is 0 Å². The van der Waals surface area contributed by atoms with Gasteiger partial charge in [-0.1, -0.05) is 30.3 Å². The van der Waals surface area contributed by atoms with Crippen molar-refractivity contribution in [3.63, 3.8) is 0 Å². The fraction of sp³-hybridized carbons (Fsp3) is 0.333. The molecule has 3 aliphatic rings. The first kappa shape index (κ1) is 24.2. The molecule has 3 saturated heterocycles. The summed E-state index contributed by atoms with van der Waals surface area (Å²) in [5, 5.41) is 0. The van der Waals surface area contributed by atoms with Gasteiger partial charge in [-0.05, 0) is 52.3 Å². The van der Waals surface area contributed by atoms with Crippen LogP contribution in [-0.4, -0.2) is 48.6 Å². The van der Waals surface area contributed by atoms with Crippen LogP contribution >= 0.6 is 27.3 Å². The van der Waals surface area contributed by atoms with Gasteiger partial charge in [-0.2, -0.15) is 0 Å². The van der Waals surface area contributed by atoms with Crippen LogP contribution in [0.25, 0.3) is 0 Å². The second-order valence-electron chi connectivity index (χ2n) is 9.45. The number of amides is 1. The maximum atomic E-state index is 13.6. The van der Waals surface area contributed by atoms with Crippen LogP contribution in [0.5, 0.6) is 0 Å². The van der Waals surface area contributed by atoms with Crippen molar-refractivity contribution < 1.29 is 23.2 Å². The molecule has 1 atom stereocenters. The molecule has 3 fully saturated rings. The SMILES string of the molecule is O=C(C[N+]12CCC(CC1)[C@@H](OC(=O)N(Cc1ccc(Br)s1)c1ccc(F)cc1)C2)c1ccccc1. The number of thiophene rings is 1. The highest BCUT2D eigenvalue weighted by atomic mass is 79.9. The van der Waals surface area contributed by atoms with Crippen molar-refractivity contribution in [1.29, 1.82) is 0 Å². The molecule has 8 heteroatoms. The van der Waals surface area contributed by atoms with E-state index in [1.54, 1.807) is 28.4 Å². The van der Waals surface area contributed by atoms with E-state index in [-0.39, 0.29) is 17.7 Å². The third kappa shape index (κ3) is 5.50. The first-order valence-electron chi connectivity index (χ1n) is 11.8. The molecule has 0 aliphatic carbocycles. The molecule has 2 aromatic carbocycles. The summed E-state index contributed by atoms with van der Waals surface area (Å²) in [6.07, 6.45) is 1.20. The van der Waals surface area contributed by atoms with E-state index in [0.29, 0.717) is 35.7 Å². The van der Waals surface area contributed by atoms with Crippen molar-refractivity contribution in [2.45, 2.75) is 25.5 Å². The van der Waals surface area contributed by atoms with E-state index in [4.69, 9.17) is 4.74 Å². The maximum Gasteiger partial charge on any atom is 0.415 e. The van der Waals surface area contributed by atoms with E-state index in [2.05, 4.69) is 15.9 Å². The summed E-state index contributed by atoms with van der Waals surface area (Å²) in [6, 6.07) is 19.2. The second kappa shape index (κ2) is 10.2. The van der Waals surface area contributed by atoms with Crippen molar-refractivity contribution in [2.75, 3.05) is 31.1 Å². The Balaban J connectivity index is 1.32. The highest BCUT2D eigenvalue weighted by molar-refractivity contribution is 9.11. The molecule has 3 aliphatic heterocycles. The van der Waals surface area contributed by atoms with Crippen LogP contribution in [0.2, 0.25) is 0 Å². The van der Waals surface area contributed by atoms with Gasteiger partial charge in [-0.3, -0.25) is 9.69 Å². The van der Waals surface area contributed by atoms with Gasteiger partial charge in [0.2, 0.25) is 5.78 Å². The summed E-state index contributed by atoms with van der Waals surface area (Å²) in [6.45, 7) is 3.28. The Morgan fingerprint density at radius 1 is 1.03 bits per heavy atom. The van der Waals surface area contributed by atoms with Crippen LogP contribution in [0, 0.1) is 11.7 Å². The summed E-state index contributed by atoms with van der Waals surface area (Å²) in [7, 11) is 0. The molecule has 2 bridgehead atoms. The van der Waals surface area contributed by atoms with Gasteiger partial charge in [0.25, 0.3) is 0 Å². The van der Waals surface area contributed by atoms with Gasteiger partial charge in [0.1, 0.15) is 18.9 Å². The molecule has 1 aromatic heterocycles. The summed E-state index contributed by atoms with van der Waals surface area (Å²) in [5.41, 5.74) is 1.32. The molecule has 0 spiro atoms. The normalized spacial score (nSPS) is 23.1. The fourth-order valence-corrected chi connectivity index (χ4v) is 6.74. The van der Waals surface area contributed by atoms with Crippen LogP contribution in [0.15, 0.2) is 70.5 Å². The molecule has 0 unspecified atom stereocenters. The first-order valence-corrected chi connectivity index (χ1v) is 13.4. The number of carbonyl (C=O) groups excluding carboxylic acids is 2. The van der Waals surface area contributed by atoms with E-state index < -0.39 is 6.09 Å². The Morgan fingerprint density at radius 3 is 2.40 bits per heavy atom. The number of carbonyl (C=O) groups is 2. The molecule has 4 heterocycles. The Morgan fingerprint density at radius 2 is 1.74 bits per heavy atom. The zero-order valence-electron chi connectivity index (χ0n) is 19.2. The van der Waals surface area contributed by atoms with Crippen molar-refractivity contribution in [1.82, 2.24) is 0 Å². The van der Waals surface area contributed by atoms with Gasteiger partial charge in [0.15, 0.2) is 6.10 Å². The number of nitrogens with zero attached hydrogens (tertiary/aromatic N) is 2. The molecular weight excluding hydrogens is 531 g/mol. The number of ether oxygens (including phenoxy) is 1. The van der Waals surface area contributed by atoms with Crippen LogP contribution in [-0.2, 0) is 11.3 Å². The number of halogens is 2. The van der Waals surface area contributed by atoms with Crippen molar-refractivity contribution in [3.05, 3.63) is 86.8 Å². The average molecular weight is 558 g/mol. The Bertz CT molecular complexity index is 1190. The van der Waals surface area contributed by atoms with Crippen molar-refractivity contribution >= 4 is 44.8 Å². The summed E-state index contributed by atoms with van der Waals surface area (Å²) >= 11 is 5.02. The standard InChI is InChI=1S/C27H27BrFN2O3S/c28-26-11-10-23(35-26)16-30(22-8-6-21(29)7-9-22)27(33)34-25-18-31(14-12-20(25)13-15-31)17-24(32)19-4-2-1-3-5-19/h1-11,20,25H,12-18H2/q+1/t20?,25-,31?/m0/s1. The summed E-state index contributed by atoms with van der Waals surface area (Å²) in [5.74, 6) is 0.0804. The Hall–Kier alpha value is -2.55. The zero-order chi connectivity index (χ0) is 24.4. The predicted molar refractivity (Wildman–Crippen MR) is 138 cm³/mol. The number of rotatable bonds is 7. The smallest absolute Gasteiger partial charge is 0.415 e. The molecule has 0 saturated carbocycles. The van der Waals surface area contributed by atoms with E-state index in [0.717, 1.165) is 40.2 Å². The zero-order valence-corrected chi connectivity index (χ0v) is 21.6. The molecule has 0 N–H and O–H groups in total. The Labute approximate surface area is 216 Å². The maximum absolute atomic E-state index is 13.6. The quantitative estimate of drug-likeness (QED) is 0.253. The van der Waals surface area contributed by atoms with Crippen LogP contribution in [0.1, 0.15) is 28.1 Å². The fourth-order valence-electron chi connectivity index (χ4n) is 5.26. The monoisotopic (exact) mass is 557 g/mol. The van der Waals surface area contributed by atoms with E-state index in [9.17, 15) is 14.0 Å². The van der Waals surface area contributed by atoms with Crippen LogP contribution < -0.4 is 4.90 Å². The molecule has 6 rings (SSSR count). The molecule has 35 heavy (non-hydrogen) atoms. The lowest BCUT2D eigenvalue weighted by Crippen LogP contribution is -2.66. The number of Topliss-reactive ketones (excluding diaryl/α,β-unsaturated/α-hetero) is 1. The lowest BCUT2D eigenvalue weighted by molar-refractivity contribution is -0.938. The number of quaternary nitrogens is 1. The molecule has 0 radical (unpaired) electrons. The predicted octanol–water partition coefficient (Wildman–Crippen LogP) is 6.28. The number of hydrogen-bond acceptors (Lipinski definition) is 4. The molecular formula is C27H27BrFN2O3S+. The minimum atomic E-state index is -0.438. The molecule has 182 valence electrons. The topological polar surface area (TPSA) is 46.6 Å². The summed E-state index contributed by atoms with van der Waals surface area (Å²) in [4.78, 5) is 29.0. The van der Waals surface area contributed by atoms with Gasteiger partial charge in [0.05, 0.1) is 23.4 Å². The molecule has 5 nitrogen and oxygen atoms in total. The minimum Gasteiger partial charge on any atom is -0.440 e. The highest BCUT2D eigenvalue weighted by Gasteiger charge is 2.49. The van der Waals surface area contributed by atoms with Gasteiger partial charge in [0, 0.05) is 34.9 Å². The van der Waals surface area contributed by atoms with E-state index in [1.165, 1.54) is 12.1 Å². The van der Waals surface area contributed by atoms with E-state index >= 15 is 0 Å². The molecule has 1 amide bonds. The summed E-state index contributed by atoms with van der Waals surface area (Å²) < 4.78 is 21.3. The van der Waals surface area contributed by atoms with Gasteiger partial charge < -0.3 is 9.22 Å². The number of fused-ring (bicyclic) bond motifs is 3. The lowest BCUT2D eigenvalue weighted by atomic mass is 9.83. The molecule has 3 aromatic rings. The minimum absolute atomic E-state index is 0.132. The number of hydrogen-bond donors (Lipinski definition) is 0. The van der Waals surface area contributed by atoms with Gasteiger partial charge in [-0.25, -0.2) is 9.18 Å². The lowest BCUT2D eigenvalue weighted by Gasteiger charge is -2.51. The highest BCUT2D eigenvalue weighted by Crippen LogP contribution is 2.36. The van der Waals surface area contributed by atoms with Crippen LogP contribution in [0.3, 0.4) is 0 Å². The Kier molecular flexibility index (Phi) is 7.05. The van der Waals surface area contributed by atoms with Crippen molar-refractivity contribution in [2.24, 2.45) is 5.92 Å². The number of anilines is 1. The number of ketones is 1. The van der Waals surface area contributed by atoms with Crippen LogP contribution in [0.4, 0.5) is 14.9 Å². The third-order valence-corrected chi connectivity index (χ3v) is 8.78. The average Bonchev–Trinajstić information content (AvgIpc) is 3.29. The number of piperidine rings is 3. The van der Waals surface area contributed by atoms with E-state index in [1.807, 2.05) is 42.5 Å². The third-order valence-electron chi connectivity index (χ3n) is 7.17. The number of benzene rings is 2. The first-order chi connectivity index (χ1) is 16.9. The second-order valence-corrected chi connectivity index (χ2v) is 12.0.